The van der Waals surface area contributed by atoms with Gasteiger partial charge in [-0.15, -0.1) is 65.7 Å². The number of benzene rings is 4. The van der Waals surface area contributed by atoms with Crippen LogP contribution in [0.4, 0.5) is 0 Å². The molecule has 0 radical (unpaired) electrons. The summed E-state index contributed by atoms with van der Waals surface area (Å²) in [5, 5.41) is 52.1. The molecule has 0 aliphatic rings. The van der Waals surface area contributed by atoms with Crippen LogP contribution in [0.2, 0.25) is 0 Å². The van der Waals surface area contributed by atoms with Gasteiger partial charge in [0, 0.05) is 109 Å². The van der Waals surface area contributed by atoms with Gasteiger partial charge >= 0.3 is 0 Å². The molecular formula is C82H72N12O6S6. The Bertz CT molecular complexity index is 5390. The van der Waals surface area contributed by atoms with E-state index in [2.05, 4.69) is 234 Å². The first-order valence-corrected chi connectivity index (χ1v) is 38.9. The number of thiophene rings is 6. The number of nitrogens with zero attached hydrogens (tertiary/aromatic N) is 10. The molecular weight excluding hydrogens is 1440 g/mol. The molecule has 0 atom stereocenters. The largest absolute Gasteiger partial charge is 0.472 e. The van der Waals surface area contributed by atoms with Gasteiger partial charge in [-0.25, -0.2) is 0 Å². The van der Waals surface area contributed by atoms with Crippen LogP contribution in [0, 0.1) is 27.7 Å². The number of amides is 4. The number of aromatic nitrogens is 8. The van der Waals surface area contributed by atoms with E-state index in [4.69, 9.17) is 8.83 Å². The van der Waals surface area contributed by atoms with Crippen molar-refractivity contribution < 1.29 is 28.0 Å². The van der Waals surface area contributed by atoms with Crippen molar-refractivity contribution in [1.82, 2.24) is 61.2 Å². The average Bonchev–Trinajstić information content (AvgIpc) is 1.63. The summed E-state index contributed by atoms with van der Waals surface area (Å²) >= 11 is 9.69. The molecule has 532 valence electrons. The predicted molar refractivity (Wildman–Crippen MR) is 430 cm³/mol. The van der Waals surface area contributed by atoms with E-state index >= 15 is 0 Å². The summed E-state index contributed by atoms with van der Waals surface area (Å²) in [6.07, 6.45) is 9.35. The van der Waals surface area contributed by atoms with E-state index in [1.165, 1.54) is 38.3 Å². The van der Waals surface area contributed by atoms with Crippen molar-refractivity contribution in [3.8, 4) is 41.8 Å². The van der Waals surface area contributed by atoms with Crippen LogP contribution in [0.3, 0.4) is 0 Å². The molecule has 0 spiro atoms. The number of hydrogen-bond donors (Lipinski definition) is 2. The fourth-order valence-corrected chi connectivity index (χ4v) is 17.5. The van der Waals surface area contributed by atoms with E-state index < -0.39 is 0 Å². The summed E-state index contributed by atoms with van der Waals surface area (Å²) in [6, 6.07) is 50.1. The molecule has 106 heavy (non-hydrogen) atoms. The Hall–Kier alpha value is -11.1. The summed E-state index contributed by atoms with van der Waals surface area (Å²) in [5.41, 5.74) is 19.0. The van der Waals surface area contributed by atoms with Gasteiger partial charge in [0.15, 0.2) is 22.8 Å². The number of aryl methyl sites for hydroxylation is 4. The SMILES string of the molecule is CNC(=O)c1nnc(Cc2ccoc2)c2cc(-c3ccc(C)cc3)sc12.CNC(=O)c1nnc(Cc2ccsc2)c2cc(-c3ccc(C)cc3)sc12.Cc1ccc(-c2cc3c(Cc4ccoc4)nnc(C(=O)N(C)C)c3s2)cc1.Cc1ccc(-c2cc3c(Cc4ccsc4)nnc(C(=O)N(C)C)c3s2)cc1. The Balaban J connectivity index is 0.000000125. The van der Waals surface area contributed by atoms with Crippen molar-refractivity contribution in [1.29, 1.82) is 0 Å². The van der Waals surface area contributed by atoms with Crippen LogP contribution in [-0.4, -0.2) is 117 Å². The highest BCUT2D eigenvalue weighted by Gasteiger charge is 2.25. The second kappa shape index (κ2) is 32.9. The predicted octanol–water partition coefficient (Wildman–Crippen LogP) is 18.5. The second-order valence-corrected chi connectivity index (χ2v) is 31.4. The molecule has 12 heterocycles. The van der Waals surface area contributed by atoms with Crippen molar-refractivity contribution in [3.63, 3.8) is 0 Å². The van der Waals surface area contributed by atoms with Gasteiger partial charge < -0.3 is 29.3 Å². The van der Waals surface area contributed by atoms with E-state index in [9.17, 15) is 19.2 Å². The maximum absolute atomic E-state index is 12.6. The van der Waals surface area contributed by atoms with E-state index in [1.807, 2.05) is 12.1 Å². The maximum atomic E-state index is 12.6. The van der Waals surface area contributed by atoms with Crippen molar-refractivity contribution in [2.24, 2.45) is 0 Å². The number of fused-ring (bicyclic) bond motifs is 4. The number of carbonyl (C=O) groups excluding carboxylic acids is 4. The first-order chi connectivity index (χ1) is 51.4. The first kappa shape index (κ1) is 73.2. The van der Waals surface area contributed by atoms with Gasteiger partial charge in [-0.3, -0.25) is 19.2 Å². The van der Waals surface area contributed by atoms with Crippen LogP contribution in [-0.2, 0) is 25.7 Å². The van der Waals surface area contributed by atoms with Crippen LogP contribution in [0.25, 0.3) is 82.1 Å². The number of nitrogens with one attached hydrogen (secondary N) is 2. The molecule has 0 saturated carbocycles. The van der Waals surface area contributed by atoms with Gasteiger partial charge in [0.25, 0.3) is 23.6 Å². The highest BCUT2D eigenvalue weighted by Crippen LogP contribution is 2.42. The maximum Gasteiger partial charge on any atom is 0.275 e. The zero-order valence-electron chi connectivity index (χ0n) is 59.7. The van der Waals surface area contributed by atoms with E-state index in [-0.39, 0.29) is 23.6 Å². The first-order valence-electron chi connectivity index (χ1n) is 33.7. The van der Waals surface area contributed by atoms with Gasteiger partial charge in [-0.2, -0.15) is 43.1 Å². The number of rotatable bonds is 16. The Morgan fingerprint density at radius 3 is 0.877 bits per heavy atom. The highest BCUT2D eigenvalue weighted by atomic mass is 32.1. The molecule has 0 unspecified atom stereocenters. The summed E-state index contributed by atoms with van der Waals surface area (Å²) in [7, 11) is 10.1. The van der Waals surface area contributed by atoms with Crippen molar-refractivity contribution in [3.05, 3.63) is 282 Å². The molecule has 0 aliphatic carbocycles. The van der Waals surface area contributed by atoms with Gasteiger partial charge in [0.05, 0.1) is 66.6 Å². The normalized spacial score (nSPS) is 11.0. The smallest absolute Gasteiger partial charge is 0.275 e. The lowest BCUT2D eigenvalue weighted by Crippen LogP contribution is -2.23. The number of carbonyl (C=O) groups is 4. The standard InChI is InChI=1S/C21H19N3O2S.C21H19N3OS2.C20H17N3O2S.C20H17N3OS2/c2*1-13-4-6-15(7-5-13)18-11-16-17(10-14-8-9-26-12-14)22-23-19(20(16)27-18)21(25)24(2)3;2*1-12-3-5-14(6-4-12)17-10-15-16(9-13-7-8-25-11-13)22-23-18(19(15)26-17)20(24)21-2/h2*4-9,11-12H,10H2,1-3H3;2*3-8,10-11H,9H2,1-2H3,(H,21,24). The van der Waals surface area contributed by atoms with Crippen LogP contribution in [0.15, 0.2) is 201 Å². The molecule has 0 bridgehead atoms. The lowest BCUT2D eigenvalue weighted by atomic mass is 10.1. The molecule has 16 rings (SSSR count). The number of furan rings is 2. The molecule has 18 nitrogen and oxygen atoms in total. The molecule has 4 aromatic carbocycles. The van der Waals surface area contributed by atoms with Crippen LogP contribution in [0.1, 0.15) is 109 Å². The topological polar surface area (TPSA) is 228 Å². The molecule has 24 heteroatoms. The molecule has 2 N–H and O–H groups in total. The van der Waals surface area contributed by atoms with Crippen LogP contribution in [0.5, 0.6) is 0 Å². The van der Waals surface area contributed by atoms with Gasteiger partial charge in [-0.05, 0) is 142 Å². The molecule has 4 amide bonds. The average molecular weight is 1510 g/mol. The molecule has 12 aromatic heterocycles. The van der Waals surface area contributed by atoms with E-state index in [0.29, 0.717) is 48.5 Å². The van der Waals surface area contributed by atoms with Gasteiger partial charge in [-0.1, -0.05) is 119 Å². The lowest BCUT2D eigenvalue weighted by Gasteiger charge is -2.10. The summed E-state index contributed by atoms with van der Waals surface area (Å²) in [4.78, 5) is 57.2. The summed E-state index contributed by atoms with van der Waals surface area (Å²) < 4.78 is 13.8. The quantitative estimate of drug-likeness (QED) is 0.0917. The van der Waals surface area contributed by atoms with Gasteiger partial charge in [0.2, 0.25) is 0 Å². The van der Waals surface area contributed by atoms with E-state index in [1.54, 1.807) is 140 Å². The highest BCUT2D eigenvalue weighted by molar-refractivity contribution is 7.24. The molecule has 0 fully saturated rings. The summed E-state index contributed by atoms with van der Waals surface area (Å²) in [6.45, 7) is 8.29. The fraction of sp³-hybridized carbons (Fsp3) is 0.171. The van der Waals surface area contributed by atoms with Crippen molar-refractivity contribution in [2.75, 3.05) is 42.3 Å². The van der Waals surface area contributed by atoms with Gasteiger partial charge in [0.1, 0.15) is 0 Å². The zero-order valence-corrected chi connectivity index (χ0v) is 64.6. The Kier molecular flexibility index (Phi) is 22.7. The third kappa shape index (κ3) is 16.7. The monoisotopic (exact) mass is 1510 g/mol. The molecule has 0 aliphatic heterocycles. The Labute approximate surface area is 636 Å². The van der Waals surface area contributed by atoms with Crippen LogP contribution >= 0.6 is 68.0 Å². The minimum absolute atomic E-state index is 0.119. The molecule has 0 saturated heterocycles. The van der Waals surface area contributed by atoms with Crippen molar-refractivity contribution >= 4 is 132 Å². The zero-order chi connectivity index (χ0) is 74.1. The van der Waals surface area contributed by atoms with Crippen LogP contribution < -0.4 is 10.6 Å². The minimum atomic E-state index is -0.227. The third-order valence-electron chi connectivity index (χ3n) is 17.4. The second-order valence-electron chi connectivity index (χ2n) is 25.7. The minimum Gasteiger partial charge on any atom is -0.472 e. The van der Waals surface area contributed by atoms with Crippen molar-refractivity contribution in [2.45, 2.75) is 53.4 Å². The Morgan fingerprint density at radius 2 is 0.632 bits per heavy atom. The molecule has 16 aromatic rings. The fourth-order valence-electron chi connectivity index (χ4n) is 11.5. The Morgan fingerprint density at radius 1 is 0.358 bits per heavy atom. The summed E-state index contributed by atoms with van der Waals surface area (Å²) in [5.74, 6) is -0.692. The van der Waals surface area contributed by atoms with E-state index in [0.717, 1.165) is 116 Å². The number of hydrogen-bond acceptors (Lipinski definition) is 20. The third-order valence-corrected chi connectivity index (χ3v) is 23.6. The lowest BCUT2D eigenvalue weighted by molar-refractivity contribution is 0.0816.